The molecule has 0 aliphatic rings. The molecular weight excluding hydrogens is 246 g/mol. The van der Waals surface area contributed by atoms with Gasteiger partial charge in [0.25, 0.3) is 0 Å². The second-order valence-electron chi connectivity index (χ2n) is 4.54. The van der Waals surface area contributed by atoms with E-state index >= 15 is 0 Å². The van der Waals surface area contributed by atoms with Crippen LogP contribution in [0.25, 0.3) is 0 Å². The van der Waals surface area contributed by atoms with Crippen LogP contribution in [0.3, 0.4) is 0 Å². The van der Waals surface area contributed by atoms with Crippen molar-refractivity contribution in [3.8, 4) is 0 Å². The van der Waals surface area contributed by atoms with Crippen LogP contribution >= 0.6 is 11.8 Å². The zero-order valence-electron chi connectivity index (χ0n) is 10.7. The third-order valence-corrected chi connectivity index (χ3v) is 4.23. The van der Waals surface area contributed by atoms with Gasteiger partial charge in [0.05, 0.1) is 0 Å². The van der Waals surface area contributed by atoms with Crippen molar-refractivity contribution in [2.75, 3.05) is 5.75 Å². The van der Waals surface area contributed by atoms with Gasteiger partial charge in [0.15, 0.2) is 0 Å². The summed E-state index contributed by atoms with van der Waals surface area (Å²) in [6, 6.07) is 0. The number of carboxylic acids is 1. The average Bonchev–Trinajstić information content (AvgIpc) is 2.22. The summed E-state index contributed by atoms with van der Waals surface area (Å²) in [6.07, 6.45) is 0.891. The van der Waals surface area contributed by atoms with Crippen LogP contribution in [0.1, 0.15) is 46.5 Å². The van der Waals surface area contributed by atoms with Gasteiger partial charge in [-0.3, -0.25) is 4.79 Å². The van der Waals surface area contributed by atoms with Crippen molar-refractivity contribution in [3.05, 3.63) is 0 Å². The number of carboxylic acid groups (broad SMARTS) is 1. The Morgan fingerprint density at radius 1 is 1.35 bits per heavy atom. The SMILES string of the molecule is CCC(F)(F)CCCCSC(C(=O)O)C(C)C. The first kappa shape index (κ1) is 16.7. The van der Waals surface area contributed by atoms with E-state index in [1.165, 1.54) is 18.7 Å². The van der Waals surface area contributed by atoms with Crippen molar-refractivity contribution in [2.45, 2.75) is 57.6 Å². The Kier molecular flexibility index (Phi) is 7.75. The summed E-state index contributed by atoms with van der Waals surface area (Å²) in [5.74, 6) is -2.68. The van der Waals surface area contributed by atoms with Crippen LogP contribution in [0.5, 0.6) is 0 Å². The molecule has 0 heterocycles. The number of alkyl halides is 2. The fourth-order valence-corrected chi connectivity index (χ4v) is 2.57. The van der Waals surface area contributed by atoms with Gasteiger partial charge < -0.3 is 5.11 Å². The summed E-state index contributed by atoms with van der Waals surface area (Å²) in [5.41, 5.74) is 0. The molecule has 0 aromatic heterocycles. The lowest BCUT2D eigenvalue weighted by atomic mass is 10.1. The van der Waals surface area contributed by atoms with Crippen LogP contribution < -0.4 is 0 Å². The van der Waals surface area contributed by atoms with Gasteiger partial charge in [0, 0.05) is 12.8 Å². The first-order valence-electron chi connectivity index (χ1n) is 6.02. The van der Waals surface area contributed by atoms with Crippen molar-refractivity contribution >= 4 is 17.7 Å². The van der Waals surface area contributed by atoms with Gasteiger partial charge in [0.2, 0.25) is 5.92 Å². The topological polar surface area (TPSA) is 37.3 Å². The molecule has 0 aliphatic carbocycles. The van der Waals surface area contributed by atoms with Crippen molar-refractivity contribution in [1.82, 2.24) is 0 Å². The number of halogens is 2. The van der Waals surface area contributed by atoms with Crippen molar-refractivity contribution in [1.29, 1.82) is 0 Å². The minimum absolute atomic E-state index is 0.0644. The Hall–Kier alpha value is -0.320. The second-order valence-corrected chi connectivity index (χ2v) is 5.79. The molecule has 0 rings (SSSR count). The third-order valence-electron chi connectivity index (χ3n) is 2.60. The average molecular weight is 268 g/mol. The molecular formula is C12H22F2O2S. The minimum atomic E-state index is -2.56. The maximum absolute atomic E-state index is 12.9. The number of thioether (sulfide) groups is 1. The van der Waals surface area contributed by atoms with E-state index in [1.54, 1.807) is 0 Å². The monoisotopic (exact) mass is 268 g/mol. The van der Waals surface area contributed by atoms with Crippen LogP contribution in [-0.2, 0) is 4.79 Å². The Morgan fingerprint density at radius 2 is 1.94 bits per heavy atom. The van der Waals surface area contributed by atoms with E-state index in [2.05, 4.69) is 0 Å². The zero-order valence-corrected chi connectivity index (χ0v) is 11.5. The number of rotatable bonds is 9. The Bertz CT molecular complexity index is 233. The van der Waals surface area contributed by atoms with Crippen LogP contribution in [0.15, 0.2) is 0 Å². The van der Waals surface area contributed by atoms with Crippen LogP contribution in [0.2, 0.25) is 0 Å². The van der Waals surface area contributed by atoms with Crippen LogP contribution in [-0.4, -0.2) is 28.0 Å². The first-order valence-corrected chi connectivity index (χ1v) is 7.07. The fourth-order valence-electron chi connectivity index (χ4n) is 1.42. The van der Waals surface area contributed by atoms with Gasteiger partial charge in [-0.1, -0.05) is 20.8 Å². The first-order chi connectivity index (χ1) is 7.80. The highest BCUT2D eigenvalue weighted by atomic mass is 32.2. The molecule has 17 heavy (non-hydrogen) atoms. The molecule has 1 unspecified atom stereocenters. The quantitative estimate of drug-likeness (QED) is 0.641. The minimum Gasteiger partial charge on any atom is -0.480 e. The zero-order chi connectivity index (χ0) is 13.5. The highest BCUT2D eigenvalue weighted by Crippen LogP contribution is 2.26. The Balaban J connectivity index is 3.73. The van der Waals surface area contributed by atoms with E-state index in [9.17, 15) is 13.6 Å². The molecule has 0 saturated heterocycles. The standard InChI is InChI=1S/C12H22F2O2S/c1-4-12(13,14)7-5-6-8-17-10(9(2)3)11(15)16/h9-10H,4-8H2,1-3H3,(H,15,16). The lowest BCUT2D eigenvalue weighted by molar-refractivity contribution is -0.137. The van der Waals surface area contributed by atoms with E-state index in [1.807, 2.05) is 13.8 Å². The molecule has 102 valence electrons. The molecule has 0 amide bonds. The predicted octanol–water partition coefficient (Wildman–Crippen LogP) is 4.04. The fraction of sp³-hybridized carbons (Fsp3) is 0.917. The van der Waals surface area contributed by atoms with Gasteiger partial charge in [-0.2, -0.15) is 0 Å². The molecule has 0 aromatic rings. The number of hydrogen-bond acceptors (Lipinski definition) is 2. The molecule has 5 heteroatoms. The van der Waals surface area contributed by atoms with E-state index in [0.29, 0.717) is 18.6 Å². The smallest absolute Gasteiger partial charge is 0.316 e. The molecule has 0 bridgehead atoms. The molecule has 0 fully saturated rings. The molecule has 2 nitrogen and oxygen atoms in total. The number of hydrogen-bond donors (Lipinski definition) is 1. The van der Waals surface area contributed by atoms with Crippen LogP contribution in [0.4, 0.5) is 8.78 Å². The summed E-state index contributed by atoms with van der Waals surface area (Å²) < 4.78 is 25.8. The number of aliphatic carboxylic acids is 1. The molecule has 0 spiro atoms. The highest BCUT2D eigenvalue weighted by Gasteiger charge is 2.25. The molecule has 0 aromatic carbocycles. The maximum Gasteiger partial charge on any atom is 0.316 e. The van der Waals surface area contributed by atoms with Gasteiger partial charge >= 0.3 is 5.97 Å². The van der Waals surface area contributed by atoms with E-state index in [4.69, 9.17) is 5.11 Å². The van der Waals surface area contributed by atoms with Gasteiger partial charge in [-0.05, 0) is 24.5 Å². The lowest BCUT2D eigenvalue weighted by Crippen LogP contribution is -2.23. The maximum atomic E-state index is 12.9. The molecule has 0 saturated carbocycles. The summed E-state index contributed by atoms with van der Waals surface area (Å²) >= 11 is 1.35. The Morgan fingerprint density at radius 3 is 2.35 bits per heavy atom. The molecule has 1 N–H and O–H groups in total. The van der Waals surface area contributed by atoms with Crippen LogP contribution in [0, 0.1) is 5.92 Å². The van der Waals surface area contributed by atoms with Gasteiger partial charge in [0.1, 0.15) is 5.25 Å². The summed E-state index contributed by atoms with van der Waals surface area (Å²) in [4.78, 5) is 10.9. The Labute approximate surface area is 106 Å². The second kappa shape index (κ2) is 7.90. The summed E-state index contributed by atoms with van der Waals surface area (Å²) in [6.45, 7) is 5.20. The van der Waals surface area contributed by atoms with Crippen molar-refractivity contribution in [3.63, 3.8) is 0 Å². The number of unbranched alkanes of at least 4 members (excludes halogenated alkanes) is 1. The highest BCUT2D eigenvalue weighted by molar-refractivity contribution is 8.00. The van der Waals surface area contributed by atoms with E-state index in [-0.39, 0.29) is 18.8 Å². The third kappa shape index (κ3) is 7.58. The largest absolute Gasteiger partial charge is 0.480 e. The molecule has 0 radical (unpaired) electrons. The van der Waals surface area contributed by atoms with E-state index in [0.717, 1.165) is 0 Å². The molecule has 1 atom stereocenters. The van der Waals surface area contributed by atoms with Gasteiger partial charge in [-0.25, -0.2) is 8.78 Å². The predicted molar refractivity (Wildman–Crippen MR) is 67.8 cm³/mol. The normalized spacial score (nSPS) is 14.0. The van der Waals surface area contributed by atoms with Crippen molar-refractivity contribution < 1.29 is 18.7 Å². The van der Waals surface area contributed by atoms with Crippen molar-refractivity contribution in [2.24, 2.45) is 5.92 Å². The summed E-state index contributed by atoms with van der Waals surface area (Å²) in [5, 5.41) is 8.50. The van der Waals surface area contributed by atoms with E-state index < -0.39 is 17.1 Å². The number of carbonyl (C=O) groups is 1. The van der Waals surface area contributed by atoms with Gasteiger partial charge in [-0.15, -0.1) is 11.8 Å². The summed E-state index contributed by atoms with van der Waals surface area (Å²) in [7, 11) is 0. The molecule has 0 aliphatic heterocycles. The lowest BCUT2D eigenvalue weighted by Gasteiger charge is -2.16.